The highest BCUT2D eigenvalue weighted by molar-refractivity contribution is 5.77. The van der Waals surface area contributed by atoms with E-state index in [1.165, 1.54) is 25.7 Å². The van der Waals surface area contributed by atoms with Crippen LogP contribution < -0.4 is 16.0 Å². The van der Waals surface area contributed by atoms with Gasteiger partial charge in [0, 0.05) is 31.7 Å². The summed E-state index contributed by atoms with van der Waals surface area (Å²) in [5.41, 5.74) is 7.68. The lowest BCUT2D eigenvalue weighted by Gasteiger charge is -2.33. The Bertz CT molecular complexity index is 608. The second kappa shape index (κ2) is 9.06. The lowest BCUT2D eigenvalue weighted by Crippen LogP contribution is -2.41. The van der Waals surface area contributed by atoms with Crippen LogP contribution >= 0.6 is 0 Å². The molecule has 1 aromatic carbocycles. The van der Waals surface area contributed by atoms with E-state index in [9.17, 15) is 9.59 Å². The fourth-order valence-corrected chi connectivity index (χ4v) is 4.19. The first kappa shape index (κ1) is 18.7. The van der Waals surface area contributed by atoms with E-state index in [2.05, 4.69) is 34.5 Å². The molecule has 26 heavy (non-hydrogen) atoms. The van der Waals surface area contributed by atoms with Gasteiger partial charge in [0.2, 0.25) is 11.8 Å². The van der Waals surface area contributed by atoms with Crippen LogP contribution in [0.25, 0.3) is 0 Å². The number of carbonyl (C=O) groups excluding carboxylic acids is 2. The molecular weight excluding hydrogens is 326 g/mol. The Balaban J connectivity index is 1.43. The van der Waals surface area contributed by atoms with Crippen molar-refractivity contribution in [2.24, 2.45) is 17.6 Å². The first-order chi connectivity index (χ1) is 12.6. The number of hydrogen-bond donors (Lipinski definition) is 2. The van der Waals surface area contributed by atoms with Crippen molar-refractivity contribution in [1.29, 1.82) is 0 Å². The van der Waals surface area contributed by atoms with Crippen molar-refractivity contribution in [2.45, 2.75) is 57.9 Å². The van der Waals surface area contributed by atoms with Crippen molar-refractivity contribution >= 4 is 17.5 Å². The second-order valence-corrected chi connectivity index (χ2v) is 7.82. The van der Waals surface area contributed by atoms with Crippen LogP contribution in [0.3, 0.4) is 0 Å². The van der Waals surface area contributed by atoms with Crippen molar-refractivity contribution in [3.63, 3.8) is 0 Å². The number of nitrogens with two attached hydrogens (primary N) is 1. The Morgan fingerprint density at radius 2 is 1.81 bits per heavy atom. The molecule has 1 aliphatic carbocycles. The van der Waals surface area contributed by atoms with Crippen molar-refractivity contribution in [1.82, 2.24) is 5.32 Å². The molecule has 5 heteroatoms. The van der Waals surface area contributed by atoms with E-state index in [1.807, 2.05) is 0 Å². The molecule has 0 bridgehead atoms. The Hall–Kier alpha value is -2.04. The van der Waals surface area contributed by atoms with Crippen LogP contribution in [-0.4, -0.2) is 24.9 Å². The number of anilines is 1. The van der Waals surface area contributed by atoms with E-state index in [1.54, 1.807) is 0 Å². The molecule has 1 saturated carbocycles. The van der Waals surface area contributed by atoms with Gasteiger partial charge in [-0.05, 0) is 42.9 Å². The average Bonchev–Trinajstić information content (AvgIpc) is 3.19. The van der Waals surface area contributed by atoms with Crippen LogP contribution in [0.4, 0.5) is 5.69 Å². The third-order valence-electron chi connectivity index (χ3n) is 5.87. The number of amides is 2. The normalized spacial score (nSPS) is 20.9. The number of benzene rings is 1. The molecule has 1 heterocycles. The van der Waals surface area contributed by atoms with E-state index < -0.39 is 0 Å². The fraction of sp³-hybridized carbons (Fsp3) is 0.619. The zero-order valence-electron chi connectivity index (χ0n) is 15.6. The van der Waals surface area contributed by atoms with Gasteiger partial charge < -0.3 is 16.0 Å². The maximum Gasteiger partial charge on any atom is 0.222 e. The number of rotatable bonds is 7. The zero-order valence-corrected chi connectivity index (χ0v) is 15.6. The van der Waals surface area contributed by atoms with Crippen LogP contribution in [-0.2, 0) is 16.1 Å². The molecule has 0 aromatic heterocycles. The molecule has 0 unspecified atom stereocenters. The van der Waals surface area contributed by atoms with Gasteiger partial charge in [-0.1, -0.05) is 37.8 Å². The third-order valence-corrected chi connectivity index (χ3v) is 5.87. The predicted molar refractivity (Wildman–Crippen MR) is 104 cm³/mol. The maximum atomic E-state index is 12.0. The number of hydrogen-bond acceptors (Lipinski definition) is 3. The van der Waals surface area contributed by atoms with Gasteiger partial charge in [0.15, 0.2) is 0 Å². The van der Waals surface area contributed by atoms with Crippen LogP contribution in [0.1, 0.15) is 56.9 Å². The summed E-state index contributed by atoms with van der Waals surface area (Å²) < 4.78 is 0. The Kier molecular flexibility index (Phi) is 6.53. The summed E-state index contributed by atoms with van der Waals surface area (Å²) in [4.78, 5) is 25.7. The van der Waals surface area contributed by atoms with E-state index in [0.717, 1.165) is 43.0 Å². The molecule has 1 atom stereocenters. The molecule has 2 fully saturated rings. The molecular formula is C21H31N3O2. The molecule has 0 spiro atoms. The molecule has 5 nitrogen and oxygen atoms in total. The first-order valence-electron chi connectivity index (χ1n) is 10.0. The summed E-state index contributed by atoms with van der Waals surface area (Å²) in [6, 6.07) is 8.26. The number of nitrogens with one attached hydrogen (secondary N) is 1. The van der Waals surface area contributed by atoms with E-state index in [-0.39, 0.29) is 17.7 Å². The van der Waals surface area contributed by atoms with Gasteiger partial charge >= 0.3 is 0 Å². The monoisotopic (exact) mass is 357 g/mol. The molecule has 1 aliphatic heterocycles. The minimum absolute atomic E-state index is 0.0532. The highest BCUT2D eigenvalue weighted by Crippen LogP contribution is 2.28. The lowest BCUT2D eigenvalue weighted by atomic mass is 9.97. The standard InChI is InChI=1S/C21H31N3O2/c22-21(26)18-6-3-13-24(15-18)19-10-7-17(8-11-19)14-23-20(25)12-9-16-4-1-2-5-16/h7-8,10-11,16,18H,1-6,9,12-15H2,(H2,22,26)(H,23,25)/t18-/m0/s1. The van der Waals surface area contributed by atoms with Gasteiger partial charge in [0.1, 0.15) is 0 Å². The van der Waals surface area contributed by atoms with Crippen molar-refractivity contribution in [3.05, 3.63) is 29.8 Å². The maximum absolute atomic E-state index is 12.0. The van der Waals surface area contributed by atoms with Crippen molar-refractivity contribution in [3.8, 4) is 0 Å². The molecule has 142 valence electrons. The van der Waals surface area contributed by atoms with Gasteiger partial charge in [0.25, 0.3) is 0 Å². The number of primary amides is 1. The molecule has 2 amide bonds. The quantitative estimate of drug-likeness (QED) is 0.788. The first-order valence-corrected chi connectivity index (χ1v) is 10.0. The van der Waals surface area contributed by atoms with Gasteiger partial charge in [-0.15, -0.1) is 0 Å². The van der Waals surface area contributed by atoms with Crippen molar-refractivity contribution in [2.75, 3.05) is 18.0 Å². The molecule has 1 aromatic rings. The summed E-state index contributed by atoms with van der Waals surface area (Å²) in [7, 11) is 0. The Morgan fingerprint density at radius 3 is 2.50 bits per heavy atom. The molecule has 2 aliphatic rings. The van der Waals surface area contributed by atoms with Gasteiger partial charge in [-0.25, -0.2) is 0 Å². The van der Waals surface area contributed by atoms with E-state index in [0.29, 0.717) is 19.5 Å². The minimum Gasteiger partial charge on any atom is -0.371 e. The van der Waals surface area contributed by atoms with Gasteiger partial charge in [-0.3, -0.25) is 9.59 Å². The summed E-state index contributed by atoms with van der Waals surface area (Å²) in [5, 5.41) is 3.03. The second-order valence-electron chi connectivity index (χ2n) is 7.82. The highest BCUT2D eigenvalue weighted by Gasteiger charge is 2.24. The number of piperidine rings is 1. The predicted octanol–water partition coefficient (Wildman–Crippen LogP) is 2.97. The number of nitrogens with zero attached hydrogens (tertiary/aromatic N) is 1. The van der Waals surface area contributed by atoms with Crippen LogP contribution in [0.2, 0.25) is 0 Å². The van der Waals surface area contributed by atoms with E-state index in [4.69, 9.17) is 5.73 Å². The minimum atomic E-state index is -0.202. The van der Waals surface area contributed by atoms with Gasteiger partial charge in [0.05, 0.1) is 5.92 Å². The van der Waals surface area contributed by atoms with Crippen LogP contribution in [0.5, 0.6) is 0 Å². The largest absolute Gasteiger partial charge is 0.371 e. The zero-order chi connectivity index (χ0) is 18.4. The van der Waals surface area contributed by atoms with Crippen LogP contribution in [0.15, 0.2) is 24.3 Å². The molecule has 0 radical (unpaired) electrons. The van der Waals surface area contributed by atoms with Crippen molar-refractivity contribution < 1.29 is 9.59 Å². The van der Waals surface area contributed by atoms with Gasteiger partial charge in [-0.2, -0.15) is 0 Å². The molecule has 3 N–H and O–H groups in total. The summed E-state index contributed by atoms with van der Waals surface area (Å²) in [6.07, 6.45) is 8.80. The molecule has 1 saturated heterocycles. The average molecular weight is 357 g/mol. The SMILES string of the molecule is NC(=O)[C@H]1CCCN(c2ccc(CNC(=O)CCC3CCCC3)cc2)C1. The Morgan fingerprint density at radius 1 is 1.08 bits per heavy atom. The lowest BCUT2D eigenvalue weighted by molar-refractivity contribution is -0.122. The summed E-state index contributed by atoms with van der Waals surface area (Å²) >= 11 is 0. The fourth-order valence-electron chi connectivity index (χ4n) is 4.19. The Labute approximate surface area is 156 Å². The highest BCUT2D eigenvalue weighted by atomic mass is 16.2. The summed E-state index contributed by atoms with van der Waals surface area (Å²) in [6.45, 7) is 2.24. The smallest absolute Gasteiger partial charge is 0.222 e. The van der Waals surface area contributed by atoms with E-state index >= 15 is 0 Å². The summed E-state index contributed by atoms with van der Waals surface area (Å²) in [5.74, 6) is 0.657. The third kappa shape index (κ3) is 5.23. The topological polar surface area (TPSA) is 75.4 Å². The number of carbonyl (C=O) groups is 2. The molecule has 3 rings (SSSR count). The van der Waals surface area contributed by atoms with Crippen LogP contribution in [0, 0.1) is 11.8 Å².